The summed E-state index contributed by atoms with van der Waals surface area (Å²) in [5.74, 6) is 0.674. The van der Waals surface area contributed by atoms with Gasteiger partial charge < -0.3 is 26.0 Å². The van der Waals surface area contributed by atoms with Crippen molar-refractivity contribution < 1.29 is 20.1 Å². The molecular weight excluding hydrogens is 236 g/mol. The summed E-state index contributed by atoms with van der Waals surface area (Å²) < 4.78 is 0. The first kappa shape index (κ1) is 13.7. The van der Waals surface area contributed by atoms with Crippen LogP contribution in [-0.2, 0) is 4.79 Å². The number of carbonyl (C=O) groups excluding carboxylic acids is 1. The molecule has 1 saturated heterocycles. The van der Waals surface area contributed by atoms with E-state index in [0.29, 0.717) is 11.8 Å². The molecule has 1 saturated carbocycles. The molecule has 0 aromatic carbocycles. The lowest BCUT2D eigenvalue weighted by atomic mass is 9.92. The fraction of sp³-hybridized carbons (Fsp3) is 0.917. The Kier molecular flexibility index (Phi) is 4.21. The van der Waals surface area contributed by atoms with E-state index in [0.717, 1.165) is 25.8 Å². The van der Waals surface area contributed by atoms with E-state index in [-0.39, 0.29) is 11.9 Å². The molecule has 0 aromatic rings. The molecule has 3 unspecified atom stereocenters. The van der Waals surface area contributed by atoms with Crippen LogP contribution in [0.1, 0.15) is 19.3 Å². The van der Waals surface area contributed by atoms with Gasteiger partial charge in [-0.2, -0.15) is 0 Å². The number of aliphatic hydroxyl groups excluding tert-OH is 3. The lowest BCUT2D eigenvalue weighted by molar-refractivity contribution is -0.128. The Morgan fingerprint density at radius 1 is 1.22 bits per heavy atom. The van der Waals surface area contributed by atoms with Crippen LogP contribution >= 0.6 is 0 Å². The maximum Gasteiger partial charge on any atom is 0.238 e. The number of hydrogen-bond acceptors (Lipinski definition) is 5. The first-order valence-corrected chi connectivity index (χ1v) is 6.54. The summed E-state index contributed by atoms with van der Waals surface area (Å²) in [7, 11) is 0. The first-order valence-electron chi connectivity index (χ1n) is 6.54. The van der Waals surface area contributed by atoms with Crippen LogP contribution in [-0.4, -0.2) is 59.2 Å². The van der Waals surface area contributed by atoms with Crippen molar-refractivity contribution in [2.75, 3.05) is 26.4 Å². The third kappa shape index (κ3) is 2.38. The van der Waals surface area contributed by atoms with Crippen molar-refractivity contribution in [1.29, 1.82) is 0 Å². The topological polar surface area (TPSA) is 102 Å². The van der Waals surface area contributed by atoms with Crippen LogP contribution in [0.15, 0.2) is 0 Å². The van der Waals surface area contributed by atoms with E-state index in [4.69, 9.17) is 0 Å². The third-order valence-corrected chi connectivity index (χ3v) is 4.32. The molecule has 2 aliphatic rings. The van der Waals surface area contributed by atoms with Crippen LogP contribution in [0.4, 0.5) is 0 Å². The summed E-state index contributed by atoms with van der Waals surface area (Å²) in [6.45, 7) is -0.585. The summed E-state index contributed by atoms with van der Waals surface area (Å²) in [5.41, 5.74) is -1.32. The Balaban J connectivity index is 1.99. The molecule has 2 rings (SSSR count). The molecule has 1 aliphatic carbocycles. The highest BCUT2D eigenvalue weighted by Crippen LogP contribution is 2.37. The van der Waals surface area contributed by atoms with Gasteiger partial charge in [0, 0.05) is 0 Å². The van der Waals surface area contributed by atoms with Gasteiger partial charge in [-0.05, 0) is 31.2 Å². The molecule has 18 heavy (non-hydrogen) atoms. The highest BCUT2D eigenvalue weighted by molar-refractivity contribution is 5.83. The monoisotopic (exact) mass is 258 g/mol. The van der Waals surface area contributed by atoms with Gasteiger partial charge in [0.2, 0.25) is 5.91 Å². The summed E-state index contributed by atoms with van der Waals surface area (Å²) in [6, 6.07) is -0.262. The summed E-state index contributed by atoms with van der Waals surface area (Å²) in [5, 5.41) is 33.4. The van der Waals surface area contributed by atoms with Gasteiger partial charge in [0.05, 0.1) is 25.9 Å². The van der Waals surface area contributed by atoms with E-state index in [1.54, 1.807) is 0 Å². The average molecular weight is 258 g/mol. The Bertz CT molecular complexity index is 298. The van der Waals surface area contributed by atoms with E-state index in [9.17, 15) is 20.1 Å². The van der Waals surface area contributed by atoms with E-state index in [1.165, 1.54) is 0 Å². The number of aliphatic hydroxyl groups is 3. The van der Waals surface area contributed by atoms with Crippen molar-refractivity contribution in [3.8, 4) is 0 Å². The van der Waals surface area contributed by atoms with Crippen LogP contribution in [0.25, 0.3) is 0 Å². The maximum atomic E-state index is 12.2. The zero-order valence-electron chi connectivity index (χ0n) is 10.4. The molecule has 0 bridgehead atoms. The SMILES string of the molecule is O=C(NC(CO)(CO)CO)C1NCC2CCCC21. The van der Waals surface area contributed by atoms with Crippen LogP contribution < -0.4 is 10.6 Å². The van der Waals surface area contributed by atoms with Crippen molar-refractivity contribution in [2.45, 2.75) is 30.8 Å². The van der Waals surface area contributed by atoms with Crippen LogP contribution in [0.3, 0.4) is 0 Å². The number of hydrogen-bond donors (Lipinski definition) is 5. The minimum atomic E-state index is -1.32. The van der Waals surface area contributed by atoms with Gasteiger partial charge >= 0.3 is 0 Å². The molecule has 0 spiro atoms. The Morgan fingerprint density at radius 3 is 2.50 bits per heavy atom. The summed E-state index contributed by atoms with van der Waals surface area (Å²) in [4.78, 5) is 12.2. The molecule has 1 amide bonds. The quantitative estimate of drug-likeness (QED) is 0.401. The van der Waals surface area contributed by atoms with Gasteiger partial charge in [0.1, 0.15) is 5.54 Å². The molecule has 1 aliphatic heterocycles. The third-order valence-electron chi connectivity index (χ3n) is 4.32. The molecule has 1 heterocycles. The minimum absolute atomic E-state index is 0.235. The highest BCUT2D eigenvalue weighted by atomic mass is 16.3. The number of fused-ring (bicyclic) bond motifs is 1. The lowest BCUT2D eigenvalue weighted by Gasteiger charge is -2.31. The standard InChI is InChI=1S/C12H22N2O4/c15-5-12(6-16,7-17)14-11(18)10-9-3-1-2-8(9)4-13-10/h8-10,13,15-17H,1-7H2,(H,14,18). The molecule has 0 aromatic heterocycles. The Hall–Kier alpha value is -0.690. The minimum Gasteiger partial charge on any atom is -0.394 e. The Morgan fingerprint density at radius 2 is 1.89 bits per heavy atom. The number of amides is 1. The van der Waals surface area contributed by atoms with Crippen LogP contribution in [0.2, 0.25) is 0 Å². The van der Waals surface area contributed by atoms with Crippen molar-refractivity contribution in [1.82, 2.24) is 10.6 Å². The van der Waals surface area contributed by atoms with Gasteiger partial charge in [-0.1, -0.05) is 6.42 Å². The van der Waals surface area contributed by atoms with Crippen molar-refractivity contribution >= 4 is 5.91 Å². The molecule has 0 radical (unpaired) electrons. The zero-order valence-corrected chi connectivity index (χ0v) is 10.4. The molecule has 6 heteroatoms. The van der Waals surface area contributed by atoms with Gasteiger partial charge in [-0.15, -0.1) is 0 Å². The highest BCUT2D eigenvalue weighted by Gasteiger charge is 2.44. The largest absolute Gasteiger partial charge is 0.394 e. The Labute approximate surface area is 106 Å². The molecule has 5 N–H and O–H groups in total. The fourth-order valence-corrected chi connectivity index (χ4v) is 3.08. The van der Waals surface area contributed by atoms with E-state index < -0.39 is 25.4 Å². The predicted molar refractivity (Wildman–Crippen MR) is 64.8 cm³/mol. The second-order valence-corrected chi connectivity index (χ2v) is 5.48. The van der Waals surface area contributed by atoms with Gasteiger partial charge in [0.15, 0.2) is 0 Å². The van der Waals surface area contributed by atoms with E-state index in [2.05, 4.69) is 10.6 Å². The second-order valence-electron chi connectivity index (χ2n) is 5.48. The lowest BCUT2D eigenvalue weighted by Crippen LogP contribution is -2.60. The molecule has 3 atom stereocenters. The second kappa shape index (κ2) is 5.52. The average Bonchev–Trinajstić information content (AvgIpc) is 2.98. The maximum absolute atomic E-state index is 12.2. The van der Waals surface area contributed by atoms with Crippen LogP contribution in [0.5, 0.6) is 0 Å². The zero-order chi connectivity index (χ0) is 13.2. The summed E-state index contributed by atoms with van der Waals surface area (Å²) >= 11 is 0. The number of rotatable bonds is 5. The first-order chi connectivity index (χ1) is 8.65. The summed E-state index contributed by atoms with van der Waals surface area (Å²) in [6.07, 6.45) is 3.36. The van der Waals surface area contributed by atoms with Gasteiger partial charge in [-0.3, -0.25) is 4.79 Å². The normalized spacial score (nSPS) is 31.4. The van der Waals surface area contributed by atoms with Crippen molar-refractivity contribution in [2.24, 2.45) is 11.8 Å². The molecule has 2 fully saturated rings. The number of carbonyl (C=O) groups is 1. The smallest absolute Gasteiger partial charge is 0.238 e. The van der Waals surface area contributed by atoms with Gasteiger partial charge in [-0.25, -0.2) is 0 Å². The fourth-order valence-electron chi connectivity index (χ4n) is 3.08. The van der Waals surface area contributed by atoms with Crippen molar-refractivity contribution in [3.05, 3.63) is 0 Å². The molecule has 104 valence electrons. The van der Waals surface area contributed by atoms with Gasteiger partial charge in [0.25, 0.3) is 0 Å². The van der Waals surface area contributed by atoms with E-state index in [1.807, 2.05) is 0 Å². The van der Waals surface area contributed by atoms with E-state index >= 15 is 0 Å². The predicted octanol–water partition coefficient (Wildman–Crippen LogP) is -1.79. The van der Waals surface area contributed by atoms with Crippen molar-refractivity contribution in [3.63, 3.8) is 0 Å². The molecular formula is C12H22N2O4. The number of nitrogens with one attached hydrogen (secondary N) is 2. The molecule has 6 nitrogen and oxygen atoms in total. The van der Waals surface area contributed by atoms with Crippen LogP contribution in [0, 0.1) is 11.8 Å².